The number of aryl methyl sites for hydroxylation is 2. The van der Waals surface area contributed by atoms with Crippen LogP contribution >= 0.6 is 11.6 Å². The number of carbonyl (C=O) groups excluding carboxylic acids is 1. The highest BCUT2D eigenvalue weighted by molar-refractivity contribution is 7.92. The number of amides is 1. The normalized spacial score (nSPS) is 12.4. The lowest BCUT2D eigenvalue weighted by atomic mass is 10.1. The lowest BCUT2D eigenvalue weighted by Gasteiger charge is -2.29. The zero-order chi connectivity index (χ0) is 20.4. The topological polar surface area (TPSA) is 75.7 Å². The van der Waals surface area contributed by atoms with E-state index in [2.05, 4.69) is 5.32 Å². The van der Waals surface area contributed by atoms with Crippen molar-refractivity contribution in [2.75, 3.05) is 23.0 Å². The Morgan fingerprint density at radius 2 is 1.85 bits per heavy atom. The maximum atomic E-state index is 12.8. The number of carbonyl (C=O) groups is 1. The van der Waals surface area contributed by atoms with Gasteiger partial charge in [-0.3, -0.25) is 9.10 Å². The average molecular weight is 411 g/mol. The number of ether oxygens (including phenoxy) is 1. The first kappa shape index (κ1) is 21.1. The first-order chi connectivity index (χ1) is 12.5. The Labute approximate surface area is 165 Å². The molecule has 0 aromatic heterocycles. The third-order valence-corrected chi connectivity index (χ3v) is 5.58. The maximum Gasteiger partial charge on any atom is 0.248 e. The number of nitrogens with one attached hydrogen (secondary N) is 1. The number of anilines is 2. The average Bonchev–Trinajstić information content (AvgIpc) is 2.57. The second kappa shape index (κ2) is 8.19. The van der Waals surface area contributed by atoms with Crippen LogP contribution in [0.15, 0.2) is 36.4 Å². The number of benzene rings is 2. The summed E-state index contributed by atoms with van der Waals surface area (Å²) in [5.74, 6) is -0.160. The van der Waals surface area contributed by atoms with Gasteiger partial charge in [0.2, 0.25) is 15.9 Å². The van der Waals surface area contributed by atoms with Gasteiger partial charge in [0.1, 0.15) is 11.8 Å². The van der Waals surface area contributed by atoms with Crippen molar-refractivity contribution in [1.29, 1.82) is 0 Å². The monoisotopic (exact) mass is 410 g/mol. The molecular weight excluding hydrogens is 388 g/mol. The Hall–Kier alpha value is -2.25. The molecule has 146 valence electrons. The van der Waals surface area contributed by atoms with Gasteiger partial charge in [-0.15, -0.1) is 0 Å². The van der Waals surface area contributed by atoms with Gasteiger partial charge in [-0.1, -0.05) is 23.7 Å². The van der Waals surface area contributed by atoms with Gasteiger partial charge < -0.3 is 10.1 Å². The third kappa shape index (κ3) is 4.93. The van der Waals surface area contributed by atoms with Gasteiger partial charge in [0.15, 0.2) is 0 Å². The number of hydrogen-bond donors (Lipinski definition) is 1. The molecular formula is C19H23ClN2O4S. The molecule has 1 amide bonds. The molecule has 0 heterocycles. The second-order valence-electron chi connectivity index (χ2n) is 6.36. The van der Waals surface area contributed by atoms with Crippen molar-refractivity contribution in [3.05, 3.63) is 52.5 Å². The van der Waals surface area contributed by atoms with Crippen LogP contribution in [-0.2, 0) is 14.8 Å². The minimum absolute atomic E-state index is 0.205. The van der Waals surface area contributed by atoms with Gasteiger partial charge in [0, 0.05) is 10.7 Å². The largest absolute Gasteiger partial charge is 0.495 e. The lowest BCUT2D eigenvalue weighted by Crippen LogP contribution is -2.45. The zero-order valence-corrected chi connectivity index (χ0v) is 17.5. The van der Waals surface area contributed by atoms with E-state index < -0.39 is 22.0 Å². The van der Waals surface area contributed by atoms with Crippen LogP contribution in [0.1, 0.15) is 18.1 Å². The molecule has 2 aromatic rings. The summed E-state index contributed by atoms with van der Waals surface area (Å²) in [7, 11) is -2.36. The number of nitrogens with zero attached hydrogens (tertiary/aromatic N) is 1. The Bertz CT molecular complexity index is 960. The highest BCUT2D eigenvalue weighted by Gasteiger charge is 2.31. The van der Waals surface area contributed by atoms with Gasteiger partial charge in [-0.05, 0) is 56.2 Å². The molecule has 27 heavy (non-hydrogen) atoms. The molecule has 1 atom stereocenters. The molecule has 8 heteroatoms. The minimum Gasteiger partial charge on any atom is -0.495 e. The van der Waals surface area contributed by atoms with E-state index in [1.807, 2.05) is 32.0 Å². The SMILES string of the molecule is COc1ccc(Cl)cc1N([C@H](C)C(=O)Nc1cc(C)ccc1C)S(C)(=O)=O. The minimum atomic E-state index is -3.79. The van der Waals surface area contributed by atoms with E-state index in [-0.39, 0.29) is 5.69 Å². The summed E-state index contributed by atoms with van der Waals surface area (Å²) in [6, 6.07) is 9.26. The first-order valence-electron chi connectivity index (χ1n) is 8.25. The lowest BCUT2D eigenvalue weighted by molar-refractivity contribution is -0.116. The zero-order valence-electron chi connectivity index (χ0n) is 15.9. The highest BCUT2D eigenvalue weighted by Crippen LogP contribution is 2.34. The Kier molecular flexibility index (Phi) is 6.38. The molecule has 0 saturated carbocycles. The molecule has 2 rings (SSSR count). The molecule has 0 aliphatic carbocycles. The van der Waals surface area contributed by atoms with Gasteiger partial charge in [-0.2, -0.15) is 0 Å². The van der Waals surface area contributed by atoms with E-state index in [1.165, 1.54) is 20.1 Å². The third-order valence-electron chi connectivity index (χ3n) is 4.12. The Morgan fingerprint density at radius 1 is 1.19 bits per heavy atom. The van der Waals surface area contributed by atoms with Crippen LogP contribution in [-0.4, -0.2) is 33.7 Å². The fourth-order valence-corrected chi connectivity index (χ4v) is 4.06. The molecule has 0 aliphatic rings. The van der Waals surface area contributed by atoms with Gasteiger partial charge in [0.25, 0.3) is 0 Å². The summed E-state index contributed by atoms with van der Waals surface area (Å²) in [4.78, 5) is 12.8. The summed E-state index contributed by atoms with van der Waals surface area (Å²) in [5, 5.41) is 3.14. The predicted molar refractivity (Wildman–Crippen MR) is 109 cm³/mol. The number of rotatable bonds is 6. The molecule has 0 fully saturated rings. The number of hydrogen-bond acceptors (Lipinski definition) is 4. The van der Waals surface area contributed by atoms with Gasteiger partial charge in [-0.25, -0.2) is 8.42 Å². The highest BCUT2D eigenvalue weighted by atomic mass is 35.5. The van der Waals surface area contributed by atoms with Crippen LogP contribution in [0.4, 0.5) is 11.4 Å². The fraction of sp³-hybridized carbons (Fsp3) is 0.316. The van der Waals surface area contributed by atoms with Crippen molar-refractivity contribution >= 4 is 38.9 Å². The van der Waals surface area contributed by atoms with Crippen LogP contribution in [0.25, 0.3) is 0 Å². The molecule has 1 N–H and O–H groups in total. The van der Waals surface area contributed by atoms with Crippen molar-refractivity contribution in [3.8, 4) is 5.75 Å². The summed E-state index contributed by atoms with van der Waals surface area (Å²) in [6.45, 7) is 5.30. The molecule has 0 radical (unpaired) electrons. The van der Waals surface area contributed by atoms with Crippen LogP contribution in [0.3, 0.4) is 0 Å². The molecule has 0 saturated heterocycles. The quantitative estimate of drug-likeness (QED) is 0.786. The van der Waals surface area contributed by atoms with E-state index >= 15 is 0 Å². The van der Waals surface area contributed by atoms with E-state index in [0.717, 1.165) is 21.7 Å². The molecule has 0 bridgehead atoms. The Balaban J connectivity index is 2.44. The smallest absolute Gasteiger partial charge is 0.248 e. The molecule has 6 nitrogen and oxygen atoms in total. The van der Waals surface area contributed by atoms with Gasteiger partial charge in [0.05, 0.1) is 19.1 Å². The van der Waals surface area contributed by atoms with Crippen LogP contribution in [0.2, 0.25) is 5.02 Å². The van der Waals surface area contributed by atoms with Crippen molar-refractivity contribution < 1.29 is 17.9 Å². The van der Waals surface area contributed by atoms with Crippen LogP contribution < -0.4 is 14.4 Å². The van der Waals surface area contributed by atoms with Crippen molar-refractivity contribution in [3.63, 3.8) is 0 Å². The predicted octanol–water partition coefficient (Wildman–Crippen LogP) is 3.76. The fourth-order valence-electron chi connectivity index (χ4n) is 2.72. The summed E-state index contributed by atoms with van der Waals surface area (Å²) < 4.78 is 31.2. The Morgan fingerprint density at radius 3 is 2.44 bits per heavy atom. The number of sulfonamides is 1. The van der Waals surface area contributed by atoms with Crippen molar-refractivity contribution in [2.45, 2.75) is 26.8 Å². The van der Waals surface area contributed by atoms with Gasteiger partial charge >= 0.3 is 0 Å². The number of halogens is 1. The summed E-state index contributed by atoms with van der Waals surface area (Å²) in [6.07, 6.45) is 1.04. The standard InChI is InChI=1S/C19H23ClN2O4S/c1-12-6-7-13(2)16(10-12)21-19(23)14(3)22(27(5,24)25)17-11-15(20)8-9-18(17)26-4/h6-11,14H,1-5H3,(H,21,23)/t14-/m1/s1. The maximum absolute atomic E-state index is 12.8. The van der Waals surface area contributed by atoms with E-state index in [1.54, 1.807) is 12.1 Å². The molecule has 0 spiro atoms. The van der Waals surface area contributed by atoms with Crippen molar-refractivity contribution in [1.82, 2.24) is 0 Å². The van der Waals surface area contributed by atoms with E-state index in [4.69, 9.17) is 16.3 Å². The van der Waals surface area contributed by atoms with E-state index in [9.17, 15) is 13.2 Å². The van der Waals surface area contributed by atoms with Crippen LogP contribution in [0, 0.1) is 13.8 Å². The molecule has 0 aliphatic heterocycles. The number of methoxy groups -OCH3 is 1. The summed E-state index contributed by atoms with van der Waals surface area (Å²) in [5.41, 5.74) is 2.71. The first-order valence-corrected chi connectivity index (χ1v) is 10.5. The molecule has 2 aromatic carbocycles. The second-order valence-corrected chi connectivity index (χ2v) is 8.65. The van der Waals surface area contributed by atoms with E-state index in [0.29, 0.717) is 16.5 Å². The summed E-state index contributed by atoms with van der Waals surface area (Å²) >= 11 is 6.04. The van der Waals surface area contributed by atoms with Crippen molar-refractivity contribution in [2.24, 2.45) is 0 Å². The molecule has 0 unspecified atom stereocenters. The van der Waals surface area contributed by atoms with Crippen LogP contribution in [0.5, 0.6) is 5.75 Å².